The van der Waals surface area contributed by atoms with Gasteiger partial charge < -0.3 is 15.8 Å². The maximum absolute atomic E-state index is 13.9. The van der Waals surface area contributed by atoms with Crippen molar-refractivity contribution in [3.8, 4) is 0 Å². The molecule has 9 heteroatoms. The molecule has 114 valence electrons. The Morgan fingerprint density at radius 1 is 1.38 bits per heavy atom. The quantitative estimate of drug-likeness (QED) is 0.677. The summed E-state index contributed by atoms with van der Waals surface area (Å²) >= 11 is 2.09. The molecule has 1 aromatic heterocycles. The Labute approximate surface area is 129 Å². The summed E-state index contributed by atoms with van der Waals surface area (Å²) in [4.78, 5) is 4.05. The number of hydrogen-bond acceptors (Lipinski definition) is 7. The number of nitrogens with two attached hydrogens (primary N) is 1. The number of benzene rings is 1. The van der Waals surface area contributed by atoms with E-state index in [1.165, 1.54) is 6.33 Å². The Balaban J connectivity index is 1.99. The molecule has 0 aliphatic rings. The first-order chi connectivity index (χ1) is 10.1. The molecule has 1 aromatic carbocycles. The van der Waals surface area contributed by atoms with E-state index < -0.39 is 11.6 Å². The second-order valence-electron chi connectivity index (χ2n) is 4.41. The van der Waals surface area contributed by atoms with E-state index in [0.29, 0.717) is 18.1 Å². The Hall–Kier alpha value is -1.45. The highest BCUT2D eigenvalue weighted by atomic mass is 32.2. The summed E-state index contributed by atoms with van der Waals surface area (Å²) in [6, 6.07) is 2.29. The number of hydrogen-bond donors (Lipinski definition) is 3. The minimum atomic E-state index is -0.512. The Kier molecular flexibility index (Phi) is 5.71. The molecule has 4 N–H and O–H groups in total. The van der Waals surface area contributed by atoms with Crippen molar-refractivity contribution in [3.05, 3.63) is 30.1 Å². The lowest BCUT2D eigenvalue weighted by molar-refractivity contribution is 0.578. The summed E-state index contributed by atoms with van der Waals surface area (Å²) in [5.41, 5.74) is 5.74. The molecule has 0 saturated heterocycles. The molecular formula is C12H15F2N5S2. The molecular weight excluding hydrogens is 316 g/mol. The zero-order chi connectivity index (χ0) is 15.2. The Morgan fingerprint density at radius 2 is 2.19 bits per heavy atom. The Bertz CT molecular complexity index is 577. The molecule has 0 amide bonds. The van der Waals surface area contributed by atoms with Crippen LogP contribution >= 0.6 is 23.5 Å². The minimum Gasteiger partial charge on any atom is -0.383 e. The minimum absolute atomic E-state index is 0.0105. The van der Waals surface area contributed by atoms with Gasteiger partial charge in [-0.3, -0.25) is 0 Å². The number of nitrogens with one attached hydrogen (secondary N) is 2. The molecule has 21 heavy (non-hydrogen) atoms. The maximum atomic E-state index is 13.9. The topological polar surface area (TPSA) is 75.9 Å². The number of rotatable bonds is 7. The summed E-state index contributed by atoms with van der Waals surface area (Å²) in [6.07, 6.45) is 2.06. The highest BCUT2D eigenvalue weighted by molar-refractivity contribution is 8.00. The maximum Gasteiger partial charge on any atom is 0.212 e. The lowest BCUT2D eigenvalue weighted by Crippen LogP contribution is -2.19. The van der Waals surface area contributed by atoms with Gasteiger partial charge >= 0.3 is 0 Å². The van der Waals surface area contributed by atoms with Crippen LogP contribution in [0.5, 0.6) is 0 Å². The standard InChI is InChI=1S/C12H15F2N5S2/c1-7(15)2-3-16-10-4-9(14)11(5-8(10)13)20-19-12-17-6-18-21-12/h4-7,16H,2-3,15H2,1H3,(H,17,18,19)/t7-/m1/s1. The molecule has 0 unspecified atom stereocenters. The molecule has 5 nitrogen and oxygen atoms in total. The van der Waals surface area contributed by atoms with Crippen molar-refractivity contribution in [2.24, 2.45) is 5.73 Å². The monoisotopic (exact) mass is 331 g/mol. The van der Waals surface area contributed by atoms with Crippen molar-refractivity contribution in [1.82, 2.24) is 9.36 Å². The number of aromatic nitrogens is 2. The SMILES string of the molecule is C[C@@H](N)CCNc1cc(F)c(SNc2ncns2)cc1F. The van der Waals surface area contributed by atoms with Crippen LogP contribution in [0.1, 0.15) is 13.3 Å². The van der Waals surface area contributed by atoms with Crippen molar-refractivity contribution in [1.29, 1.82) is 0 Å². The van der Waals surface area contributed by atoms with Crippen molar-refractivity contribution in [2.45, 2.75) is 24.3 Å². The molecule has 0 bridgehead atoms. The number of nitrogens with zero attached hydrogens (tertiary/aromatic N) is 2. The van der Waals surface area contributed by atoms with E-state index in [1.807, 2.05) is 6.92 Å². The van der Waals surface area contributed by atoms with E-state index in [4.69, 9.17) is 5.73 Å². The van der Waals surface area contributed by atoms with Crippen LogP contribution in [0.4, 0.5) is 19.6 Å². The molecule has 0 saturated carbocycles. The van der Waals surface area contributed by atoms with Crippen LogP contribution in [0, 0.1) is 11.6 Å². The number of anilines is 2. The van der Waals surface area contributed by atoms with E-state index in [9.17, 15) is 8.78 Å². The molecule has 0 spiro atoms. The van der Waals surface area contributed by atoms with E-state index in [2.05, 4.69) is 19.4 Å². The molecule has 2 aromatic rings. The predicted molar refractivity (Wildman–Crippen MR) is 82.5 cm³/mol. The van der Waals surface area contributed by atoms with Crippen LogP contribution in [0.15, 0.2) is 23.4 Å². The Morgan fingerprint density at radius 3 is 2.86 bits per heavy atom. The summed E-state index contributed by atoms with van der Waals surface area (Å²) in [5, 5.41) is 3.36. The zero-order valence-corrected chi connectivity index (χ0v) is 12.9. The smallest absolute Gasteiger partial charge is 0.212 e. The fraction of sp³-hybridized carbons (Fsp3) is 0.333. The average molecular weight is 331 g/mol. The van der Waals surface area contributed by atoms with Crippen LogP contribution in [0.3, 0.4) is 0 Å². The van der Waals surface area contributed by atoms with Crippen molar-refractivity contribution in [3.63, 3.8) is 0 Å². The fourth-order valence-corrected chi connectivity index (χ4v) is 2.62. The molecule has 2 rings (SSSR count). The third kappa shape index (κ3) is 4.80. The van der Waals surface area contributed by atoms with Crippen molar-refractivity contribution < 1.29 is 8.78 Å². The second kappa shape index (κ2) is 7.53. The summed E-state index contributed by atoms with van der Waals surface area (Å²) in [6.45, 7) is 2.35. The van der Waals surface area contributed by atoms with E-state index in [-0.39, 0.29) is 16.6 Å². The van der Waals surface area contributed by atoms with Crippen LogP contribution in [0.25, 0.3) is 0 Å². The van der Waals surface area contributed by atoms with Gasteiger partial charge in [0.1, 0.15) is 18.0 Å². The third-order valence-electron chi connectivity index (χ3n) is 2.55. The zero-order valence-electron chi connectivity index (χ0n) is 11.3. The lowest BCUT2D eigenvalue weighted by Gasteiger charge is -2.11. The highest BCUT2D eigenvalue weighted by Crippen LogP contribution is 2.28. The summed E-state index contributed by atoms with van der Waals surface area (Å²) < 4.78 is 34.4. The van der Waals surface area contributed by atoms with Crippen molar-refractivity contribution in [2.75, 3.05) is 16.6 Å². The molecule has 1 atom stereocenters. The fourth-order valence-electron chi connectivity index (χ4n) is 1.49. The second-order valence-corrected chi connectivity index (χ2v) is 6.03. The van der Waals surface area contributed by atoms with Gasteiger partial charge in [-0.2, -0.15) is 4.37 Å². The molecule has 0 fully saturated rings. The highest BCUT2D eigenvalue weighted by Gasteiger charge is 2.11. The van der Waals surface area contributed by atoms with Gasteiger partial charge in [-0.05, 0) is 31.4 Å². The van der Waals surface area contributed by atoms with Crippen molar-refractivity contribution >= 4 is 34.3 Å². The first kappa shape index (κ1) is 15.9. The third-order valence-corrected chi connectivity index (χ3v) is 4.08. The molecule has 0 radical (unpaired) electrons. The summed E-state index contributed by atoms with van der Waals surface area (Å²) in [5.74, 6) is -1.02. The lowest BCUT2D eigenvalue weighted by atomic mass is 10.2. The van der Waals surface area contributed by atoms with Gasteiger partial charge in [0.25, 0.3) is 0 Å². The van der Waals surface area contributed by atoms with Gasteiger partial charge in [-0.1, -0.05) is 0 Å². The summed E-state index contributed by atoms with van der Waals surface area (Å²) in [7, 11) is 0. The molecule has 0 aliphatic heterocycles. The normalized spacial score (nSPS) is 12.2. The van der Waals surface area contributed by atoms with E-state index in [0.717, 1.165) is 35.6 Å². The van der Waals surface area contributed by atoms with Crippen LogP contribution in [-0.4, -0.2) is 21.9 Å². The molecule has 1 heterocycles. The van der Waals surface area contributed by atoms with Crippen LogP contribution in [0.2, 0.25) is 0 Å². The number of halogens is 2. The van der Waals surface area contributed by atoms with Gasteiger partial charge in [0.2, 0.25) is 5.13 Å². The largest absolute Gasteiger partial charge is 0.383 e. The average Bonchev–Trinajstić information content (AvgIpc) is 2.93. The predicted octanol–water partition coefficient (Wildman–Crippen LogP) is 3.08. The van der Waals surface area contributed by atoms with Gasteiger partial charge in [0, 0.05) is 30.2 Å². The first-order valence-electron chi connectivity index (χ1n) is 6.24. The van der Waals surface area contributed by atoms with Gasteiger partial charge in [-0.15, -0.1) is 0 Å². The van der Waals surface area contributed by atoms with E-state index in [1.54, 1.807) is 0 Å². The van der Waals surface area contributed by atoms with Crippen LogP contribution in [-0.2, 0) is 0 Å². The van der Waals surface area contributed by atoms with Gasteiger partial charge in [0.15, 0.2) is 0 Å². The van der Waals surface area contributed by atoms with Crippen LogP contribution < -0.4 is 15.8 Å². The molecule has 0 aliphatic carbocycles. The van der Waals surface area contributed by atoms with Gasteiger partial charge in [0.05, 0.1) is 10.6 Å². The van der Waals surface area contributed by atoms with E-state index >= 15 is 0 Å². The first-order valence-corrected chi connectivity index (χ1v) is 7.83. The van der Waals surface area contributed by atoms with Gasteiger partial charge in [-0.25, -0.2) is 13.8 Å².